The Balaban J connectivity index is 2.34. The van der Waals surface area contributed by atoms with Crippen molar-refractivity contribution in [3.8, 4) is 0 Å². The Kier molecular flexibility index (Phi) is 5.09. The predicted octanol–water partition coefficient (Wildman–Crippen LogP) is 1.68. The summed E-state index contributed by atoms with van der Waals surface area (Å²) in [6.07, 6.45) is 5.75. The van der Waals surface area contributed by atoms with Crippen LogP contribution in [-0.4, -0.2) is 25.0 Å². The van der Waals surface area contributed by atoms with E-state index in [1.54, 1.807) is 0 Å². The summed E-state index contributed by atoms with van der Waals surface area (Å²) in [5.41, 5.74) is 0. The number of nitrogens with one attached hydrogen (secondary N) is 2. The second-order valence-electron chi connectivity index (χ2n) is 4.96. The maximum Gasteiger partial charge on any atom is 0.237 e. The van der Waals surface area contributed by atoms with E-state index < -0.39 is 0 Å². The van der Waals surface area contributed by atoms with Crippen molar-refractivity contribution in [3.05, 3.63) is 0 Å². The molecule has 0 saturated heterocycles. The highest BCUT2D eigenvalue weighted by molar-refractivity contribution is 5.82. The van der Waals surface area contributed by atoms with Crippen LogP contribution in [0, 0.1) is 5.92 Å². The van der Waals surface area contributed by atoms with Gasteiger partial charge in [0.15, 0.2) is 0 Å². The van der Waals surface area contributed by atoms with E-state index in [0.717, 1.165) is 19.3 Å². The highest BCUT2D eigenvalue weighted by atomic mass is 16.2. The van der Waals surface area contributed by atoms with Gasteiger partial charge in [-0.2, -0.15) is 0 Å². The van der Waals surface area contributed by atoms with Gasteiger partial charge in [0, 0.05) is 6.04 Å². The molecule has 88 valence electrons. The molecule has 0 aromatic carbocycles. The highest BCUT2D eigenvalue weighted by Crippen LogP contribution is 2.18. The Morgan fingerprint density at radius 3 is 2.40 bits per heavy atom. The molecule has 0 aromatic heterocycles. The monoisotopic (exact) mass is 212 g/mol. The van der Waals surface area contributed by atoms with Gasteiger partial charge in [0.2, 0.25) is 5.91 Å². The molecule has 1 fully saturated rings. The Morgan fingerprint density at radius 1 is 1.33 bits per heavy atom. The summed E-state index contributed by atoms with van der Waals surface area (Å²) in [6.45, 7) is 4.29. The Labute approximate surface area is 93.0 Å². The molecule has 0 spiro atoms. The molecular formula is C12H24N2O. The van der Waals surface area contributed by atoms with Crippen LogP contribution >= 0.6 is 0 Å². The third-order valence-electron chi connectivity index (χ3n) is 3.07. The van der Waals surface area contributed by atoms with Crippen molar-refractivity contribution < 1.29 is 4.79 Å². The lowest BCUT2D eigenvalue weighted by Crippen LogP contribution is -2.46. The average molecular weight is 212 g/mol. The van der Waals surface area contributed by atoms with E-state index in [2.05, 4.69) is 24.5 Å². The third kappa shape index (κ3) is 4.20. The van der Waals surface area contributed by atoms with Crippen molar-refractivity contribution in [2.45, 2.75) is 58.0 Å². The van der Waals surface area contributed by atoms with Gasteiger partial charge in [-0.1, -0.05) is 26.7 Å². The topological polar surface area (TPSA) is 41.1 Å². The molecule has 1 atom stereocenters. The van der Waals surface area contributed by atoms with E-state index in [1.165, 1.54) is 12.8 Å². The third-order valence-corrected chi connectivity index (χ3v) is 3.07. The van der Waals surface area contributed by atoms with Gasteiger partial charge >= 0.3 is 0 Å². The molecule has 0 aromatic rings. The molecule has 0 radical (unpaired) electrons. The van der Waals surface area contributed by atoms with Gasteiger partial charge in [-0.3, -0.25) is 4.79 Å². The summed E-state index contributed by atoms with van der Waals surface area (Å²) in [5.74, 6) is 0.731. The fraction of sp³-hybridized carbons (Fsp3) is 0.917. The Morgan fingerprint density at radius 2 is 1.93 bits per heavy atom. The van der Waals surface area contributed by atoms with Crippen LogP contribution in [0.1, 0.15) is 46.0 Å². The van der Waals surface area contributed by atoms with Gasteiger partial charge in [0.1, 0.15) is 0 Å². The number of likely N-dealkylation sites (N-methyl/N-ethyl adjacent to an activating group) is 1. The standard InChI is InChI=1S/C12H24N2O/c1-9(2)8-11(13-3)12(15)14-10-6-4-5-7-10/h9-11,13H,4-8H2,1-3H3,(H,14,15)/t11-/m0/s1. The quantitative estimate of drug-likeness (QED) is 0.728. The zero-order valence-corrected chi connectivity index (χ0v) is 10.2. The lowest BCUT2D eigenvalue weighted by atomic mass is 10.0. The molecule has 0 bridgehead atoms. The zero-order valence-electron chi connectivity index (χ0n) is 10.2. The summed E-state index contributed by atoms with van der Waals surface area (Å²) >= 11 is 0. The number of amides is 1. The first-order valence-electron chi connectivity index (χ1n) is 6.11. The first-order valence-corrected chi connectivity index (χ1v) is 6.11. The molecule has 2 N–H and O–H groups in total. The summed E-state index contributed by atoms with van der Waals surface area (Å²) in [4.78, 5) is 11.9. The zero-order chi connectivity index (χ0) is 11.3. The minimum absolute atomic E-state index is 0.0226. The number of hydrogen-bond donors (Lipinski definition) is 2. The van der Waals surface area contributed by atoms with Crippen LogP contribution in [0.4, 0.5) is 0 Å². The number of carbonyl (C=O) groups is 1. The van der Waals surface area contributed by atoms with Crippen LogP contribution in [0.5, 0.6) is 0 Å². The van der Waals surface area contributed by atoms with Crippen molar-refractivity contribution in [3.63, 3.8) is 0 Å². The number of hydrogen-bond acceptors (Lipinski definition) is 2. The molecule has 1 aliphatic rings. The van der Waals surface area contributed by atoms with Crippen LogP contribution in [0.3, 0.4) is 0 Å². The SMILES string of the molecule is CN[C@@H](CC(C)C)C(=O)NC1CCCC1. The van der Waals surface area contributed by atoms with Crippen LogP contribution in [0.2, 0.25) is 0 Å². The van der Waals surface area contributed by atoms with E-state index in [-0.39, 0.29) is 11.9 Å². The van der Waals surface area contributed by atoms with Crippen LogP contribution in [-0.2, 0) is 4.79 Å². The molecule has 1 aliphatic carbocycles. The number of carbonyl (C=O) groups excluding carboxylic acids is 1. The van der Waals surface area contributed by atoms with Crippen molar-refractivity contribution in [2.24, 2.45) is 5.92 Å². The average Bonchev–Trinajstić information content (AvgIpc) is 2.66. The maximum atomic E-state index is 11.9. The largest absolute Gasteiger partial charge is 0.352 e. The fourth-order valence-electron chi connectivity index (χ4n) is 2.20. The first-order chi connectivity index (χ1) is 7.13. The molecule has 3 heteroatoms. The Bertz CT molecular complexity index is 198. The maximum absolute atomic E-state index is 11.9. The first kappa shape index (κ1) is 12.5. The lowest BCUT2D eigenvalue weighted by Gasteiger charge is -2.20. The van der Waals surface area contributed by atoms with Crippen molar-refractivity contribution in [1.29, 1.82) is 0 Å². The van der Waals surface area contributed by atoms with Gasteiger partial charge in [0.05, 0.1) is 6.04 Å². The molecule has 1 saturated carbocycles. The summed E-state index contributed by atoms with van der Waals surface area (Å²) < 4.78 is 0. The van der Waals surface area contributed by atoms with Gasteiger partial charge in [-0.05, 0) is 32.2 Å². The Hall–Kier alpha value is -0.570. The minimum atomic E-state index is -0.0226. The van der Waals surface area contributed by atoms with Gasteiger partial charge < -0.3 is 10.6 Å². The summed E-state index contributed by atoms with van der Waals surface area (Å²) in [5, 5.41) is 6.23. The molecule has 0 heterocycles. The molecule has 0 aliphatic heterocycles. The van der Waals surface area contributed by atoms with Crippen LogP contribution in [0.25, 0.3) is 0 Å². The minimum Gasteiger partial charge on any atom is -0.352 e. The molecule has 1 rings (SSSR count). The van der Waals surface area contributed by atoms with Crippen LogP contribution < -0.4 is 10.6 Å². The molecule has 15 heavy (non-hydrogen) atoms. The predicted molar refractivity (Wildman–Crippen MR) is 62.7 cm³/mol. The fourth-order valence-corrected chi connectivity index (χ4v) is 2.20. The van der Waals surface area contributed by atoms with E-state index in [4.69, 9.17) is 0 Å². The van der Waals surface area contributed by atoms with E-state index >= 15 is 0 Å². The van der Waals surface area contributed by atoms with E-state index in [1.807, 2.05) is 7.05 Å². The second-order valence-corrected chi connectivity index (χ2v) is 4.96. The van der Waals surface area contributed by atoms with Gasteiger partial charge in [-0.25, -0.2) is 0 Å². The van der Waals surface area contributed by atoms with Gasteiger partial charge in [-0.15, -0.1) is 0 Å². The molecular weight excluding hydrogens is 188 g/mol. The number of rotatable bonds is 5. The normalized spacial score (nSPS) is 19.5. The van der Waals surface area contributed by atoms with E-state index in [0.29, 0.717) is 12.0 Å². The lowest BCUT2D eigenvalue weighted by molar-refractivity contribution is -0.124. The summed E-state index contributed by atoms with van der Waals surface area (Å²) in [6, 6.07) is 0.408. The van der Waals surface area contributed by atoms with Gasteiger partial charge in [0.25, 0.3) is 0 Å². The molecule has 0 unspecified atom stereocenters. The smallest absolute Gasteiger partial charge is 0.237 e. The second kappa shape index (κ2) is 6.11. The molecule has 3 nitrogen and oxygen atoms in total. The summed E-state index contributed by atoms with van der Waals surface area (Å²) in [7, 11) is 1.86. The molecule has 1 amide bonds. The van der Waals surface area contributed by atoms with Crippen molar-refractivity contribution >= 4 is 5.91 Å². The van der Waals surface area contributed by atoms with Crippen molar-refractivity contribution in [1.82, 2.24) is 10.6 Å². The van der Waals surface area contributed by atoms with Crippen LogP contribution in [0.15, 0.2) is 0 Å². The van der Waals surface area contributed by atoms with E-state index in [9.17, 15) is 4.79 Å². The highest BCUT2D eigenvalue weighted by Gasteiger charge is 2.22. The van der Waals surface area contributed by atoms with Crippen molar-refractivity contribution in [2.75, 3.05) is 7.05 Å².